The van der Waals surface area contributed by atoms with Gasteiger partial charge in [0.15, 0.2) is 6.61 Å². The van der Waals surface area contributed by atoms with Crippen molar-refractivity contribution in [3.8, 4) is 5.75 Å². The van der Waals surface area contributed by atoms with E-state index in [1.54, 1.807) is 36.4 Å². The molecule has 2 aromatic carbocycles. The van der Waals surface area contributed by atoms with Crippen molar-refractivity contribution in [2.75, 3.05) is 6.61 Å². The first-order valence-corrected chi connectivity index (χ1v) is 6.96. The SMILES string of the molecule is O=C(COc1ccc(Cl)cc1)N/N=C/c1ccc(C(=O)O)cc1. The lowest BCUT2D eigenvalue weighted by molar-refractivity contribution is -0.123. The molecule has 2 aromatic rings. The molecule has 0 heterocycles. The molecule has 2 rings (SSSR count). The molecule has 0 bridgehead atoms. The molecule has 0 atom stereocenters. The minimum atomic E-state index is -0.999. The Labute approximate surface area is 137 Å². The van der Waals surface area contributed by atoms with Crippen LogP contribution in [0, 0.1) is 0 Å². The summed E-state index contributed by atoms with van der Waals surface area (Å²) >= 11 is 5.74. The predicted octanol–water partition coefficient (Wildman–Crippen LogP) is 2.57. The van der Waals surface area contributed by atoms with Crippen LogP contribution in [0.3, 0.4) is 0 Å². The van der Waals surface area contributed by atoms with Gasteiger partial charge in [0.2, 0.25) is 0 Å². The highest BCUT2D eigenvalue weighted by atomic mass is 35.5. The van der Waals surface area contributed by atoms with Crippen LogP contribution in [0.25, 0.3) is 0 Å². The maximum Gasteiger partial charge on any atom is 0.335 e. The van der Waals surface area contributed by atoms with Gasteiger partial charge in [-0.2, -0.15) is 5.10 Å². The number of nitrogens with one attached hydrogen (secondary N) is 1. The van der Waals surface area contributed by atoms with Crippen molar-refractivity contribution in [1.82, 2.24) is 5.43 Å². The van der Waals surface area contributed by atoms with Gasteiger partial charge in [-0.15, -0.1) is 0 Å². The van der Waals surface area contributed by atoms with E-state index >= 15 is 0 Å². The van der Waals surface area contributed by atoms with E-state index in [2.05, 4.69) is 10.5 Å². The number of carbonyl (C=O) groups is 2. The Morgan fingerprint density at radius 1 is 1.13 bits per heavy atom. The van der Waals surface area contributed by atoms with Gasteiger partial charge in [-0.05, 0) is 42.0 Å². The van der Waals surface area contributed by atoms with Crippen molar-refractivity contribution in [3.63, 3.8) is 0 Å². The van der Waals surface area contributed by atoms with Gasteiger partial charge in [0.25, 0.3) is 5.91 Å². The molecule has 2 N–H and O–H groups in total. The fraction of sp³-hybridized carbons (Fsp3) is 0.0625. The highest BCUT2D eigenvalue weighted by Crippen LogP contribution is 2.15. The lowest BCUT2D eigenvalue weighted by Gasteiger charge is -2.04. The molecule has 6 nitrogen and oxygen atoms in total. The van der Waals surface area contributed by atoms with Gasteiger partial charge >= 0.3 is 5.97 Å². The van der Waals surface area contributed by atoms with Crippen LogP contribution in [0.5, 0.6) is 5.75 Å². The molecule has 118 valence electrons. The number of aromatic carboxylic acids is 1. The Hall–Kier alpha value is -2.86. The standard InChI is InChI=1S/C16H13ClN2O4/c17-13-5-7-14(8-6-13)23-10-15(20)19-18-9-11-1-3-12(4-2-11)16(21)22/h1-9H,10H2,(H,19,20)(H,21,22)/b18-9+. The van der Waals surface area contributed by atoms with E-state index in [9.17, 15) is 9.59 Å². The Kier molecular flexibility index (Phi) is 5.71. The van der Waals surface area contributed by atoms with E-state index < -0.39 is 11.9 Å². The monoisotopic (exact) mass is 332 g/mol. The van der Waals surface area contributed by atoms with Gasteiger partial charge in [0.1, 0.15) is 5.75 Å². The first-order chi connectivity index (χ1) is 11.0. The van der Waals surface area contributed by atoms with Crippen LogP contribution in [0.15, 0.2) is 53.6 Å². The second kappa shape index (κ2) is 7.95. The van der Waals surface area contributed by atoms with Gasteiger partial charge in [-0.25, -0.2) is 10.2 Å². The van der Waals surface area contributed by atoms with Crippen LogP contribution in [-0.4, -0.2) is 29.8 Å². The number of hydrogen-bond acceptors (Lipinski definition) is 4. The summed E-state index contributed by atoms with van der Waals surface area (Å²) in [4.78, 5) is 22.3. The number of carboxylic acid groups (broad SMARTS) is 1. The van der Waals surface area contributed by atoms with Crippen LogP contribution < -0.4 is 10.2 Å². The number of halogens is 1. The molecule has 0 aliphatic rings. The molecule has 0 aliphatic carbocycles. The molecule has 0 spiro atoms. The Morgan fingerprint density at radius 2 is 1.78 bits per heavy atom. The van der Waals surface area contributed by atoms with E-state index in [1.807, 2.05) is 0 Å². The van der Waals surface area contributed by atoms with Crippen molar-refractivity contribution in [1.29, 1.82) is 0 Å². The summed E-state index contributed by atoms with van der Waals surface area (Å²) in [6.07, 6.45) is 1.41. The molecule has 1 amide bonds. The minimum Gasteiger partial charge on any atom is -0.484 e. The predicted molar refractivity (Wildman–Crippen MR) is 86.1 cm³/mol. The van der Waals surface area contributed by atoms with Crippen LogP contribution in [0.4, 0.5) is 0 Å². The maximum atomic E-state index is 11.6. The number of nitrogens with zero attached hydrogens (tertiary/aromatic N) is 1. The molecule has 0 aromatic heterocycles. The molecule has 23 heavy (non-hydrogen) atoms. The second-order valence-electron chi connectivity index (χ2n) is 4.46. The molecular formula is C16H13ClN2O4. The van der Waals surface area contributed by atoms with Gasteiger partial charge in [-0.3, -0.25) is 4.79 Å². The smallest absolute Gasteiger partial charge is 0.335 e. The summed E-state index contributed by atoms with van der Waals surface area (Å²) in [6, 6.07) is 12.7. The van der Waals surface area contributed by atoms with Crippen LogP contribution in [-0.2, 0) is 4.79 Å². The first-order valence-electron chi connectivity index (χ1n) is 6.58. The third-order valence-electron chi connectivity index (χ3n) is 2.74. The highest BCUT2D eigenvalue weighted by Gasteiger charge is 2.02. The number of rotatable bonds is 6. The topological polar surface area (TPSA) is 88.0 Å². The maximum absolute atomic E-state index is 11.6. The van der Waals surface area contributed by atoms with Crippen molar-refractivity contribution in [2.45, 2.75) is 0 Å². The van der Waals surface area contributed by atoms with Crippen LogP contribution in [0.1, 0.15) is 15.9 Å². The summed E-state index contributed by atoms with van der Waals surface area (Å²) in [6.45, 7) is -0.184. The van der Waals surface area contributed by atoms with Crippen molar-refractivity contribution in [3.05, 3.63) is 64.7 Å². The van der Waals surface area contributed by atoms with E-state index in [0.717, 1.165) is 0 Å². The number of carboxylic acids is 1. The Bertz CT molecular complexity index is 712. The third kappa shape index (κ3) is 5.44. The Morgan fingerprint density at radius 3 is 2.39 bits per heavy atom. The second-order valence-corrected chi connectivity index (χ2v) is 4.90. The average molecular weight is 333 g/mol. The fourth-order valence-electron chi connectivity index (χ4n) is 1.60. The van der Waals surface area contributed by atoms with Crippen LogP contribution in [0.2, 0.25) is 5.02 Å². The number of amides is 1. The number of benzene rings is 2. The molecule has 0 unspecified atom stereocenters. The lowest BCUT2D eigenvalue weighted by Crippen LogP contribution is -2.24. The summed E-state index contributed by atoms with van der Waals surface area (Å²) in [5.74, 6) is -0.891. The normalized spacial score (nSPS) is 10.5. The summed E-state index contributed by atoms with van der Waals surface area (Å²) in [5.41, 5.74) is 3.16. The molecule has 0 saturated heterocycles. The highest BCUT2D eigenvalue weighted by molar-refractivity contribution is 6.30. The van der Waals surface area contributed by atoms with E-state index in [4.69, 9.17) is 21.4 Å². The molecule has 0 saturated carbocycles. The van der Waals surface area contributed by atoms with E-state index in [-0.39, 0.29) is 12.2 Å². The summed E-state index contributed by atoms with van der Waals surface area (Å²) in [7, 11) is 0. The van der Waals surface area contributed by atoms with Crippen molar-refractivity contribution >= 4 is 29.7 Å². The molecular weight excluding hydrogens is 320 g/mol. The summed E-state index contributed by atoms with van der Waals surface area (Å²) in [5, 5.41) is 13.1. The average Bonchev–Trinajstić information content (AvgIpc) is 2.55. The molecule has 0 fully saturated rings. The van der Waals surface area contributed by atoms with Gasteiger partial charge in [0, 0.05) is 5.02 Å². The minimum absolute atomic E-state index is 0.183. The fourth-order valence-corrected chi connectivity index (χ4v) is 1.73. The molecule has 7 heteroatoms. The van der Waals surface area contributed by atoms with E-state index in [1.165, 1.54) is 18.3 Å². The zero-order valence-corrected chi connectivity index (χ0v) is 12.7. The number of hydrazone groups is 1. The van der Waals surface area contributed by atoms with Crippen molar-refractivity contribution in [2.24, 2.45) is 5.10 Å². The summed E-state index contributed by atoms with van der Waals surface area (Å²) < 4.78 is 5.26. The van der Waals surface area contributed by atoms with Crippen molar-refractivity contribution < 1.29 is 19.4 Å². The van der Waals surface area contributed by atoms with Crippen LogP contribution >= 0.6 is 11.6 Å². The number of ether oxygens (including phenoxy) is 1. The van der Waals surface area contributed by atoms with Gasteiger partial charge < -0.3 is 9.84 Å². The first kappa shape index (κ1) is 16.5. The van der Waals surface area contributed by atoms with E-state index in [0.29, 0.717) is 16.3 Å². The lowest BCUT2D eigenvalue weighted by atomic mass is 10.1. The molecule has 0 aliphatic heterocycles. The number of hydrogen-bond donors (Lipinski definition) is 2. The Balaban J connectivity index is 1.79. The zero-order chi connectivity index (χ0) is 16.7. The zero-order valence-electron chi connectivity index (χ0n) is 11.9. The van der Waals surface area contributed by atoms with Gasteiger partial charge in [0.05, 0.1) is 11.8 Å². The third-order valence-corrected chi connectivity index (χ3v) is 3.00. The van der Waals surface area contributed by atoms with Gasteiger partial charge in [-0.1, -0.05) is 23.7 Å². The quantitative estimate of drug-likeness (QED) is 0.628. The largest absolute Gasteiger partial charge is 0.484 e. The molecule has 0 radical (unpaired) electrons. The number of carbonyl (C=O) groups excluding carboxylic acids is 1.